The Labute approximate surface area is 122 Å². The first-order valence-corrected chi connectivity index (χ1v) is 7.24. The average Bonchev–Trinajstić information content (AvgIpc) is 2.42. The Morgan fingerprint density at radius 3 is 2.20 bits per heavy atom. The normalized spacial score (nSPS) is 14.7. The van der Waals surface area contributed by atoms with Crippen LogP contribution in [0.15, 0.2) is 24.3 Å². The summed E-state index contributed by atoms with van der Waals surface area (Å²) in [5.74, 6) is -0.203. The molecule has 3 heteroatoms. The Kier molecular flexibility index (Phi) is 5.75. The highest BCUT2D eigenvalue weighted by Crippen LogP contribution is 2.24. The van der Waals surface area contributed by atoms with Crippen LogP contribution in [-0.2, 0) is 14.9 Å². The molecule has 1 aromatic rings. The standard InChI is InChI=1S/C17H27NO2/c1-7-15(16(19)20-6)18-12(2)13-8-10-14(11-9-13)17(3,4)5/h8-12,15,18H,7H2,1-6H3. The summed E-state index contributed by atoms with van der Waals surface area (Å²) in [6.07, 6.45) is 0.719. The van der Waals surface area contributed by atoms with Gasteiger partial charge in [-0.2, -0.15) is 0 Å². The molecule has 1 rings (SSSR count). The van der Waals surface area contributed by atoms with E-state index in [4.69, 9.17) is 4.74 Å². The van der Waals surface area contributed by atoms with Crippen molar-refractivity contribution in [2.24, 2.45) is 0 Å². The lowest BCUT2D eigenvalue weighted by atomic mass is 9.86. The van der Waals surface area contributed by atoms with Crippen molar-refractivity contribution in [3.63, 3.8) is 0 Å². The van der Waals surface area contributed by atoms with Crippen LogP contribution in [0.25, 0.3) is 0 Å². The van der Waals surface area contributed by atoms with Gasteiger partial charge in [-0.3, -0.25) is 10.1 Å². The van der Waals surface area contributed by atoms with E-state index < -0.39 is 0 Å². The molecule has 0 aromatic heterocycles. The molecule has 0 spiro atoms. The number of hydrogen-bond donors (Lipinski definition) is 1. The minimum Gasteiger partial charge on any atom is -0.468 e. The molecule has 2 atom stereocenters. The molecule has 0 aliphatic carbocycles. The summed E-state index contributed by atoms with van der Waals surface area (Å²) in [5, 5.41) is 3.32. The summed E-state index contributed by atoms with van der Waals surface area (Å²) in [7, 11) is 1.43. The second-order valence-corrected chi connectivity index (χ2v) is 6.24. The lowest BCUT2D eigenvalue weighted by Gasteiger charge is -2.23. The minimum absolute atomic E-state index is 0.119. The van der Waals surface area contributed by atoms with E-state index in [0.717, 1.165) is 6.42 Å². The van der Waals surface area contributed by atoms with Crippen molar-refractivity contribution in [1.82, 2.24) is 5.32 Å². The molecule has 0 heterocycles. The average molecular weight is 277 g/mol. The Bertz CT molecular complexity index is 431. The Morgan fingerprint density at radius 1 is 1.25 bits per heavy atom. The first kappa shape index (κ1) is 16.7. The largest absolute Gasteiger partial charge is 0.468 e. The van der Waals surface area contributed by atoms with Crippen molar-refractivity contribution in [2.75, 3.05) is 7.11 Å². The monoisotopic (exact) mass is 277 g/mol. The Morgan fingerprint density at radius 2 is 1.80 bits per heavy atom. The zero-order valence-electron chi connectivity index (χ0n) is 13.5. The van der Waals surface area contributed by atoms with Crippen molar-refractivity contribution in [3.8, 4) is 0 Å². The molecule has 20 heavy (non-hydrogen) atoms. The maximum atomic E-state index is 11.6. The molecule has 0 fully saturated rings. The number of carbonyl (C=O) groups excluding carboxylic acids is 1. The molecular weight excluding hydrogens is 250 g/mol. The maximum absolute atomic E-state index is 11.6. The molecule has 2 unspecified atom stereocenters. The summed E-state index contributed by atoms with van der Waals surface area (Å²) in [4.78, 5) is 11.6. The lowest BCUT2D eigenvalue weighted by molar-refractivity contribution is -0.143. The van der Waals surface area contributed by atoms with Gasteiger partial charge in [0.05, 0.1) is 7.11 Å². The van der Waals surface area contributed by atoms with Gasteiger partial charge >= 0.3 is 5.97 Å². The fourth-order valence-corrected chi connectivity index (χ4v) is 2.16. The summed E-state index contributed by atoms with van der Waals surface area (Å²) < 4.78 is 4.80. The Balaban J connectivity index is 2.77. The summed E-state index contributed by atoms with van der Waals surface area (Å²) >= 11 is 0. The molecule has 3 nitrogen and oxygen atoms in total. The van der Waals surface area contributed by atoms with Crippen molar-refractivity contribution >= 4 is 5.97 Å². The van der Waals surface area contributed by atoms with Crippen LogP contribution in [-0.4, -0.2) is 19.1 Å². The molecule has 1 aromatic carbocycles. The van der Waals surface area contributed by atoms with Crippen LogP contribution < -0.4 is 5.32 Å². The molecular formula is C17H27NO2. The van der Waals surface area contributed by atoms with Gasteiger partial charge < -0.3 is 4.74 Å². The molecule has 112 valence electrons. The number of carbonyl (C=O) groups is 1. The number of rotatable bonds is 5. The van der Waals surface area contributed by atoms with Crippen LogP contribution in [0.1, 0.15) is 58.2 Å². The van der Waals surface area contributed by atoms with E-state index in [1.807, 2.05) is 6.92 Å². The van der Waals surface area contributed by atoms with E-state index in [-0.39, 0.29) is 23.5 Å². The second-order valence-electron chi connectivity index (χ2n) is 6.24. The molecule has 0 aliphatic rings. The zero-order chi connectivity index (χ0) is 15.3. The third-order valence-electron chi connectivity index (χ3n) is 3.62. The van der Waals surface area contributed by atoms with E-state index >= 15 is 0 Å². The maximum Gasteiger partial charge on any atom is 0.322 e. The smallest absolute Gasteiger partial charge is 0.322 e. The number of ether oxygens (including phenoxy) is 1. The molecule has 0 bridgehead atoms. The highest BCUT2D eigenvalue weighted by molar-refractivity contribution is 5.75. The SMILES string of the molecule is CCC(NC(C)c1ccc(C(C)(C)C)cc1)C(=O)OC. The van der Waals surface area contributed by atoms with Gasteiger partial charge in [-0.1, -0.05) is 52.0 Å². The fraction of sp³-hybridized carbons (Fsp3) is 0.588. The third-order valence-corrected chi connectivity index (χ3v) is 3.62. The number of esters is 1. The minimum atomic E-state index is -0.253. The second kappa shape index (κ2) is 6.89. The Hall–Kier alpha value is -1.35. The number of methoxy groups -OCH3 is 1. The van der Waals surface area contributed by atoms with Crippen molar-refractivity contribution < 1.29 is 9.53 Å². The van der Waals surface area contributed by atoms with E-state index in [2.05, 4.69) is 57.3 Å². The van der Waals surface area contributed by atoms with Crippen LogP contribution in [0, 0.1) is 0 Å². The van der Waals surface area contributed by atoms with E-state index in [0.29, 0.717) is 0 Å². The number of benzene rings is 1. The van der Waals surface area contributed by atoms with Gasteiger partial charge in [-0.25, -0.2) is 0 Å². The topological polar surface area (TPSA) is 38.3 Å². The first-order chi connectivity index (χ1) is 9.29. The molecule has 0 radical (unpaired) electrons. The van der Waals surface area contributed by atoms with Gasteiger partial charge in [0.1, 0.15) is 6.04 Å². The quantitative estimate of drug-likeness (QED) is 0.836. The highest BCUT2D eigenvalue weighted by Gasteiger charge is 2.20. The predicted octanol–water partition coefficient (Wildman–Crippen LogP) is 3.59. The number of nitrogens with one attached hydrogen (secondary N) is 1. The van der Waals surface area contributed by atoms with Crippen LogP contribution in [0.2, 0.25) is 0 Å². The van der Waals surface area contributed by atoms with E-state index in [1.165, 1.54) is 18.2 Å². The van der Waals surface area contributed by atoms with Gasteiger partial charge in [0, 0.05) is 6.04 Å². The van der Waals surface area contributed by atoms with Crippen LogP contribution in [0.4, 0.5) is 0 Å². The van der Waals surface area contributed by atoms with Crippen LogP contribution in [0.5, 0.6) is 0 Å². The summed E-state index contributed by atoms with van der Waals surface area (Å²) in [6, 6.07) is 8.44. The summed E-state index contributed by atoms with van der Waals surface area (Å²) in [6.45, 7) is 10.7. The highest BCUT2D eigenvalue weighted by atomic mass is 16.5. The van der Waals surface area contributed by atoms with E-state index in [1.54, 1.807) is 0 Å². The number of hydrogen-bond acceptors (Lipinski definition) is 3. The van der Waals surface area contributed by atoms with E-state index in [9.17, 15) is 4.79 Å². The van der Waals surface area contributed by atoms with Gasteiger partial charge in [0.2, 0.25) is 0 Å². The van der Waals surface area contributed by atoms with Crippen molar-refractivity contribution in [3.05, 3.63) is 35.4 Å². The van der Waals surface area contributed by atoms with Gasteiger partial charge in [0.25, 0.3) is 0 Å². The zero-order valence-corrected chi connectivity index (χ0v) is 13.5. The van der Waals surface area contributed by atoms with Crippen molar-refractivity contribution in [1.29, 1.82) is 0 Å². The molecule has 0 aliphatic heterocycles. The van der Waals surface area contributed by atoms with Crippen LogP contribution in [0.3, 0.4) is 0 Å². The molecule has 1 N–H and O–H groups in total. The molecule has 0 saturated heterocycles. The van der Waals surface area contributed by atoms with Gasteiger partial charge in [-0.05, 0) is 29.9 Å². The first-order valence-electron chi connectivity index (χ1n) is 7.24. The molecule has 0 amide bonds. The lowest BCUT2D eigenvalue weighted by Crippen LogP contribution is -2.38. The van der Waals surface area contributed by atoms with Crippen LogP contribution >= 0.6 is 0 Å². The third kappa shape index (κ3) is 4.34. The summed E-state index contributed by atoms with van der Waals surface area (Å²) in [5.41, 5.74) is 2.65. The molecule has 0 saturated carbocycles. The van der Waals surface area contributed by atoms with Gasteiger partial charge in [-0.15, -0.1) is 0 Å². The van der Waals surface area contributed by atoms with Gasteiger partial charge in [0.15, 0.2) is 0 Å². The van der Waals surface area contributed by atoms with Crippen molar-refractivity contribution in [2.45, 2.75) is 58.5 Å². The fourth-order valence-electron chi connectivity index (χ4n) is 2.16. The predicted molar refractivity (Wildman–Crippen MR) is 82.8 cm³/mol.